The van der Waals surface area contributed by atoms with E-state index in [0.717, 1.165) is 53.9 Å². The van der Waals surface area contributed by atoms with Crippen LogP contribution < -0.4 is 4.90 Å². The number of pyridine rings is 1. The van der Waals surface area contributed by atoms with Crippen molar-refractivity contribution in [1.82, 2.24) is 34.3 Å². The van der Waals surface area contributed by atoms with Crippen LogP contribution in [0.25, 0.3) is 27.6 Å². The summed E-state index contributed by atoms with van der Waals surface area (Å²) in [5.41, 5.74) is 2.50. The van der Waals surface area contributed by atoms with Gasteiger partial charge in [0.1, 0.15) is 11.4 Å². The minimum absolute atomic E-state index is 0.298. The number of esters is 1. The van der Waals surface area contributed by atoms with E-state index in [9.17, 15) is 4.79 Å². The molecule has 0 bridgehead atoms. The molecule has 0 radical (unpaired) electrons. The molecule has 1 fully saturated rings. The molecule has 5 heterocycles. The van der Waals surface area contributed by atoms with Crippen LogP contribution in [0.3, 0.4) is 0 Å². The zero-order chi connectivity index (χ0) is 20.8. The fourth-order valence-electron chi connectivity index (χ4n) is 4.02. The van der Waals surface area contributed by atoms with Crippen molar-refractivity contribution in [2.75, 3.05) is 44.7 Å². The van der Waals surface area contributed by atoms with E-state index in [1.807, 2.05) is 24.0 Å². The molecule has 5 rings (SSSR count). The van der Waals surface area contributed by atoms with Gasteiger partial charge in [0, 0.05) is 38.9 Å². The van der Waals surface area contributed by atoms with Crippen molar-refractivity contribution in [3.05, 3.63) is 24.2 Å². The van der Waals surface area contributed by atoms with Gasteiger partial charge in [-0.15, -0.1) is 0 Å². The molecule has 1 saturated heterocycles. The first kappa shape index (κ1) is 18.7. The van der Waals surface area contributed by atoms with Crippen LogP contribution in [0.15, 0.2) is 18.6 Å². The Kier molecular flexibility index (Phi) is 4.50. The van der Waals surface area contributed by atoms with Crippen LogP contribution in [0.4, 0.5) is 5.82 Å². The predicted octanol–water partition coefficient (Wildman–Crippen LogP) is 1.58. The van der Waals surface area contributed by atoms with E-state index in [4.69, 9.17) is 9.72 Å². The van der Waals surface area contributed by atoms with Crippen molar-refractivity contribution < 1.29 is 9.53 Å². The molecule has 156 valence electrons. The second-order valence-corrected chi connectivity index (χ2v) is 7.46. The molecular formula is C20H24N8O2. The highest BCUT2D eigenvalue weighted by atomic mass is 16.5. The average molecular weight is 408 g/mol. The van der Waals surface area contributed by atoms with Gasteiger partial charge in [-0.1, -0.05) is 0 Å². The van der Waals surface area contributed by atoms with E-state index in [0.29, 0.717) is 24.4 Å². The maximum Gasteiger partial charge on any atom is 0.343 e. The molecular weight excluding hydrogens is 384 g/mol. The van der Waals surface area contributed by atoms with Crippen molar-refractivity contribution in [2.45, 2.75) is 20.4 Å². The van der Waals surface area contributed by atoms with E-state index < -0.39 is 5.97 Å². The lowest BCUT2D eigenvalue weighted by Crippen LogP contribution is -2.45. The number of likely N-dealkylation sites (N-methyl/N-ethyl adjacent to an activating group) is 1. The van der Waals surface area contributed by atoms with E-state index in [1.54, 1.807) is 11.4 Å². The van der Waals surface area contributed by atoms with E-state index in [-0.39, 0.29) is 0 Å². The number of carbonyl (C=O) groups is 1. The summed E-state index contributed by atoms with van der Waals surface area (Å²) < 4.78 is 8.80. The number of aryl methyl sites for hydroxylation is 1. The van der Waals surface area contributed by atoms with Crippen molar-refractivity contribution in [3.63, 3.8) is 0 Å². The van der Waals surface area contributed by atoms with Crippen molar-refractivity contribution >= 4 is 39.4 Å². The second-order valence-electron chi connectivity index (χ2n) is 7.46. The van der Waals surface area contributed by atoms with E-state index in [2.05, 4.69) is 32.0 Å². The lowest BCUT2D eigenvalue weighted by Gasteiger charge is -2.33. The third kappa shape index (κ3) is 2.78. The Balaban J connectivity index is 1.82. The van der Waals surface area contributed by atoms with Gasteiger partial charge in [-0.05, 0) is 20.9 Å². The molecule has 30 heavy (non-hydrogen) atoms. The number of anilines is 1. The molecule has 0 saturated carbocycles. The second kappa shape index (κ2) is 7.21. The summed E-state index contributed by atoms with van der Waals surface area (Å²) in [6, 6.07) is 0. The first-order valence-electron chi connectivity index (χ1n) is 10.2. The molecule has 10 nitrogen and oxygen atoms in total. The summed E-state index contributed by atoms with van der Waals surface area (Å²) in [5, 5.41) is 10.8. The van der Waals surface area contributed by atoms with Crippen LogP contribution in [-0.2, 0) is 11.3 Å². The molecule has 1 aliphatic rings. The van der Waals surface area contributed by atoms with Crippen LogP contribution in [0, 0.1) is 0 Å². The number of piperazine rings is 1. The van der Waals surface area contributed by atoms with E-state index >= 15 is 0 Å². The van der Waals surface area contributed by atoms with Crippen LogP contribution in [0.1, 0.15) is 24.2 Å². The SMILES string of the molecule is CCOC(=O)c1cnn2c1nc(N1CCN(C)CC1)c1cnc3c(cnn3CC)c12. The molecule has 4 aromatic heterocycles. The number of ether oxygens (including phenoxy) is 1. The van der Waals surface area contributed by atoms with Crippen molar-refractivity contribution in [3.8, 4) is 0 Å². The standard InChI is InChI=1S/C20H24N8O2/c1-4-27-17-14(11-22-27)16-13(10-21-17)18(26-8-6-25(3)7-9-26)24-19-15(12-23-28(16)19)20(29)30-5-2/h10-12H,4-9H2,1-3H3. The number of hydrogen-bond donors (Lipinski definition) is 0. The van der Waals surface area contributed by atoms with Gasteiger partial charge in [0.05, 0.1) is 35.3 Å². The first-order valence-corrected chi connectivity index (χ1v) is 10.2. The zero-order valence-corrected chi connectivity index (χ0v) is 17.4. The fourth-order valence-corrected chi connectivity index (χ4v) is 4.02. The molecule has 0 unspecified atom stereocenters. The van der Waals surface area contributed by atoms with Gasteiger partial charge >= 0.3 is 5.97 Å². The number of carbonyl (C=O) groups excluding carboxylic acids is 1. The zero-order valence-electron chi connectivity index (χ0n) is 17.4. The predicted molar refractivity (Wildman–Crippen MR) is 113 cm³/mol. The number of hydrogen-bond acceptors (Lipinski definition) is 8. The summed E-state index contributed by atoms with van der Waals surface area (Å²) in [7, 11) is 2.12. The van der Waals surface area contributed by atoms with Gasteiger partial charge in [-0.2, -0.15) is 10.2 Å². The Bertz CT molecular complexity index is 1250. The van der Waals surface area contributed by atoms with Gasteiger partial charge in [0.2, 0.25) is 0 Å². The van der Waals surface area contributed by atoms with Crippen LogP contribution in [0.5, 0.6) is 0 Å². The van der Waals surface area contributed by atoms with Gasteiger partial charge < -0.3 is 14.5 Å². The Morgan fingerprint density at radius 2 is 1.83 bits per heavy atom. The Hall–Kier alpha value is -3.27. The minimum atomic E-state index is -0.418. The van der Waals surface area contributed by atoms with Gasteiger partial charge in [0.25, 0.3) is 0 Å². The van der Waals surface area contributed by atoms with Gasteiger partial charge in [-0.25, -0.2) is 24.0 Å². The summed E-state index contributed by atoms with van der Waals surface area (Å²) in [5.74, 6) is 0.397. The molecule has 0 spiro atoms. The Morgan fingerprint density at radius 1 is 1.03 bits per heavy atom. The largest absolute Gasteiger partial charge is 0.462 e. The fraction of sp³-hybridized carbons (Fsp3) is 0.450. The van der Waals surface area contributed by atoms with Gasteiger partial charge in [0.15, 0.2) is 11.3 Å². The van der Waals surface area contributed by atoms with Gasteiger partial charge in [-0.3, -0.25) is 0 Å². The molecule has 0 amide bonds. The number of rotatable bonds is 4. The maximum absolute atomic E-state index is 12.5. The smallest absolute Gasteiger partial charge is 0.343 e. The molecule has 0 aromatic carbocycles. The lowest BCUT2D eigenvalue weighted by molar-refractivity contribution is 0.0528. The number of aromatic nitrogens is 6. The monoisotopic (exact) mass is 408 g/mol. The average Bonchev–Trinajstić information content (AvgIpc) is 3.37. The van der Waals surface area contributed by atoms with Crippen molar-refractivity contribution in [2.24, 2.45) is 0 Å². The van der Waals surface area contributed by atoms with Crippen LogP contribution >= 0.6 is 0 Å². The summed E-state index contributed by atoms with van der Waals surface area (Å²) in [6.45, 7) is 8.43. The third-order valence-corrected chi connectivity index (χ3v) is 5.64. The maximum atomic E-state index is 12.5. The number of fused-ring (bicyclic) bond motifs is 5. The quantitative estimate of drug-likeness (QED) is 0.470. The molecule has 0 atom stereocenters. The Labute approximate surface area is 173 Å². The van der Waals surface area contributed by atoms with E-state index in [1.165, 1.54) is 6.20 Å². The van der Waals surface area contributed by atoms with Crippen molar-refractivity contribution in [1.29, 1.82) is 0 Å². The normalized spacial score (nSPS) is 15.5. The topological polar surface area (TPSA) is 93.7 Å². The third-order valence-electron chi connectivity index (χ3n) is 5.64. The minimum Gasteiger partial charge on any atom is -0.462 e. The summed E-state index contributed by atoms with van der Waals surface area (Å²) in [4.78, 5) is 26.6. The molecule has 1 aliphatic heterocycles. The van der Waals surface area contributed by atoms with Crippen LogP contribution in [0.2, 0.25) is 0 Å². The Morgan fingerprint density at radius 3 is 2.57 bits per heavy atom. The first-order chi connectivity index (χ1) is 14.6. The summed E-state index contributed by atoms with van der Waals surface area (Å²) >= 11 is 0. The summed E-state index contributed by atoms with van der Waals surface area (Å²) in [6.07, 6.45) is 5.19. The molecule has 0 aliphatic carbocycles. The molecule has 4 aromatic rings. The molecule has 10 heteroatoms. The highest BCUT2D eigenvalue weighted by molar-refractivity contribution is 6.08. The number of nitrogens with zero attached hydrogens (tertiary/aromatic N) is 8. The highest BCUT2D eigenvalue weighted by Gasteiger charge is 2.25. The van der Waals surface area contributed by atoms with Crippen LogP contribution in [-0.4, -0.2) is 80.1 Å². The highest BCUT2D eigenvalue weighted by Crippen LogP contribution is 2.32. The molecule has 0 N–H and O–H groups in total. The lowest BCUT2D eigenvalue weighted by atomic mass is 10.2.